The summed E-state index contributed by atoms with van der Waals surface area (Å²) >= 11 is 1.39. The lowest BCUT2D eigenvalue weighted by Crippen LogP contribution is -2.10. The molecule has 0 radical (unpaired) electrons. The van der Waals surface area contributed by atoms with Crippen LogP contribution in [0.15, 0.2) is 59.0 Å². The number of ether oxygens (including phenoxy) is 2. The van der Waals surface area contributed by atoms with E-state index in [4.69, 9.17) is 10.00 Å². The average Bonchev–Trinajstić information content (AvgIpc) is 2.65. The third-order valence-electron chi connectivity index (χ3n) is 3.30. The van der Waals surface area contributed by atoms with Gasteiger partial charge in [0.25, 0.3) is 0 Å². The van der Waals surface area contributed by atoms with E-state index in [1.165, 1.54) is 24.9 Å². The van der Waals surface area contributed by atoms with Gasteiger partial charge in [0, 0.05) is 4.90 Å². The second kappa shape index (κ2) is 9.44. The summed E-state index contributed by atoms with van der Waals surface area (Å²) in [5.41, 5.74) is 1.58. The van der Waals surface area contributed by atoms with Crippen LogP contribution in [0.5, 0.6) is 5.75 Å². The molecule has 0 saturated heterocycles. The summed E-state index contributed by atoms with van der Waals surface area (Å²) in [6, 6.07) is 16.2. The van der Waals surface area contributed by atoms with Crippen LogP contribution in [0.4, 0.5) is 0 Å². The first-order valence-corrected chi connectivity index (χ1v) is 8.70. The van der Waals surface area contributed by atoms with Gasteiger partial charge < -0.3 is 9.47 Å². The van der Waals surface area contributed by atoms with E-state index in [2.05, 4.69) is 4.74 Å². The molecule has 0 spiro atoms. The molecule has 132 valence electrons. The van der Waals surface area contributed by atoms with Gasteiger partial charge in [-0.05, 0) is 42.8 Å². The number of thioether (sulfide) groups is 1. The molecule has 2 aromatic carbocycles. The minimum absolute atomic E-state index is 0.133. The van der Waals surface area contributed by atoms with Crippen LogP contribution >= 0.6 is 11.8 Å². The highest BCUT2D eigenvalue weighted by molar-refractivity contribution is 8.00. The Bertz CT molecular complexity index is 866. The molecule has 0 atom stereocenters. The maximum atomic E-state index is 12.0. The highest BCUT2D eigenvalue weighted by Gasteiger charge is 2.10. The topological polar surface area (TPSA) is 76.4 Å². The maximum Gasteiger partial charge on any atom is 0.348 e. The Hall–Kier alpha value is -3.04. The van der Waals surface area contributed by atoms with E-state index in [1.54, 1.807) is 30.3 Å². The van der Waals surface area contributed by atoms with Gasteiger partial charge in [-0.15, -0.1) is 11.8 Å². The van der Waals surface area contributed by atoms with Gasteiger partial charge in [-0.2, -0.15) is 5.26 Å². The van der Waals surface area contributed by atoms with Crippen LogP contribution in [0.3, 0.4) is 0 Å². The van der Waals surface area contributed by atoms with E-state index < -0.39 is 5.97 Å². The zero-order valence-electron chi connectivity index (χ0n) is 14.4. The van der Waals surface area contributed by atoms with E-state index in [0.29, 0.717) is 11.3 Å². The number of methoxy groups -OCH3 is 1. The van der Waals surface area contributed by atoms with Crippen molar-refractivity contribution in [3.05, 3.63) is 65.2 Å². The number of aryl methyl sites for hydroxylation is 1. The summed E-state index contributed by atoms with van der Waals surface area (Å²) in [5, 5.41) is 8.99. The van der Waals surface area contributed by atoms with Crippen LogP contribution < -0.4 is 4.74 Å². The van der Waals surface area contributed by atoms with Gasteiger partial charge in [-0.3, -0.25) is 4.79 Å². The predicted octanol–water partition coefficient (Wildman–Crippen LogP) is 3.77. The Morgan fingerprint density at radius 2 is 1.92 bits per heavy atom. The maximum absolute atomic E-state index is 12.0. The second-order valence-corrected chi connectivity index (χ2v) is 6.36. The molecule has 2 aromatic rings. The molecule has 0 aliphatic heterocycles. The van der Waals surface area contributed by atoms with Crippen molar-refractivity contribution in [2.24, 2.45) is 0 Å². The van der Waals surface area contributed by atoms with Crippen LogP contribution in [0.25, 0.3) is 6.08 Å². The van der Waals surface area contributed by atoms with E-state index in [1.807, 2.05) is 31.2 Å². The third-order valence-corrected chi connectivity index (χ3v) is 4.29. The lowest BCUT2D eigenvalue weighted by molar-refractivity contribution is -0.135. The van der Waals surface area contributed by atoms with Crippen molar-refractivity contribution in [1.82, 2.24) is 0 Å². The van der Waals surface area contributed by atoms with Gasteiger partial charge in [0.2, 0.25) is 0 Å². The summed E-state index contributed by atoms with van der Waals surface area (Å²) in [6.07, 6.45) is 1.38. The SMILES string of the molecule is COC(=O)/C(C#N)=C/c1cccc(OC(=O)CSc2ccc(C)cc2)c1. The van der Waals surface area contributed by atoms with E-state index in [0.717, 1.165) is 10.5 Å². The number of nitriles is 1. The van der Waals surface area contributed by atoms with Crippen LogP contribution in [0.1, 0.15) is 11.1 Å². The van der Waals surface area contributed by atoms with Crippen LogP contribution in [-0.2, 0) is 14.3 Å². The highest BCUT2D eigenvalue weighted by Crippen LogP contribution is 2.20. The van der Waals surface area contributed by atoms with E-state index in [-0.39, 0.29) is 17.3 Å². The van der Waals surface area contributed by atoms with Crippen molar-refractivity contribution in [1.29, 1.82) is 5.26 Å². The zero-order valence-corrected chi connectivity index (χ0v) is 15.2. The fourth-order valence-electron chi connectivity index (χ4n) is 2.02. The number of carbonyl (C=O) groups is 2. The fraction of sp³-hybridized carbons (Fsp3) is 0.150. The van der Waals surface area contributed by atoms with Crippen molar-refractivity contribution < 1.29 is 19.1 Å². The molecule has 5 nitrogen and oxygen atoms in total. The van der Waals surface area contributed by atoms with E-state index >= 15 is 0 Å². The predicted molar refractivity (Wildman–Crippen MR) is 99.6 cm³/mol. The minimum atomic E-state index is -0.718. The lowest BCUT2D eigenvalue weighted by atomic mass is 10.1. The molecule has 0 N–H and O–H groups in total. The first-order chi connectivity index (χ1) is 12.5. The van der Waals surface area contributed by atoms with Gasteiger partial charge in [0.1, 0.15) is 17.4 Å². The summed E-state index contributed by atoms with van der Waals surface area (Å²) in [4.78, 5) is 24.4. The van der Waals surface area contributed by atoms with Crippen molar-refractivity contribution in [2.45, 2.75) is 11.8 Å². The summed E-state index contributed by atoms with van der Waals surface area (Å²) < 4.78 is 9.85. The number of rotatable bonds is 6. The Kier molecular flexibility index (Phi) is 7.01. The first kappa shape index (κ1) is 19.3. The highest BCUT2D eigenvalue weighted by atomic mass is 32.2. The number of carbonyl (C=O) groups excluding carboxylic acids is 2. The Balaban J connectivity index is 2.00. The number of hydrogen-bond donors (Lipinski definition) is 0. The van der Waals surface area contributed by atoms with Crippen LogP contribution in [-0.4, -0.2) is 24.8 Å². The number of esters is 2. The number of benzene rings is 2. The number of nitrogens with zero attached hydrogens (tertiary/aromatic N) is 1. The molecular formula is C20H17NO4S. The lowest BCUT2D eigenvalue weighted by Gasteiger charge is -2.06. The molecule has 0 bridgehead atoms. The molecule has 0 aromatic heterocycles. The molecule has 26 heavy (non-hydrogen) atoms. The molecule has 0 fully saturated rings. The molecule has 0 amide bonds. The first-order valence-electron chi connectivity index (χ1n) is 7.72. The second-order valence-electron chi connectivity index (χ2n) is 5.31. The molecule has 0 aliphatic carbocycles. The molecule has 0 saturated carbocycles. The van der Waals surface area contributed by atoms with Gasteiger partial charge in [-0.1, -0.05) is 29.8 Å². The molecule has 6 heteroatoms. The monoisotopic (exact) mass is 367 g/mol. The third kappa shape index (κ3) is 5.80. The van der Waals surface area contributed by atoms with Gasteiger partial charge in [0.15, 0.2) is 0 Å². The largest absolute Gasteiger partial charge is 0.465 e. The van der Waals surface area contributed by atoms with Crippen LogP contribution in [0, 0.1) is 18.3 Å². The van der Waals surface area contributed by atoms with Crippen molar-refractivity contribution >= 4 is 29.8 Å². The summed E-state index contributed by atoms with van der Waals surface area (Å²) in [7, 11) is 1.21. The normalized spacial score (nSPS) is 10.7. The standard InChI is InChI=1S/C20H17NO4S/c1-14-6-8-18(9-7-14)26-13-19(22)25-17-5-3-4-15(11-17)10-16(12-21)20(23)24-2/h3-11H,13H2,1-2H3/b16-10+. The van der Waals surface area contributed by atoms with Crippen molar-refractivity contribution in [2.75, 3.05) is 12.9 Å². The molecule has 0 unspecified atom stereocenters. The van der Waals surface area contributed by atoms with Crippen molar-refractivity contribution in [3.63, 3.8) is 0 Å². The van der Waals surface area contributed by atoms with Crippen LogP contribution in [0.2, 0.25) is 0 Å². The van der Waals surface area contributed by atoms with E-state index in [9.17, 15) is 9.59 Å². The fourth-order valence-corrected chi connectivity index (χ4v) is 2.69. The average molecular weight is 367 g/mol. The molecule has 2 rings (SSSR count). The van der Waals surface area contributed by atoms with Gasteiger partial charge in [-0.25, -0.2) is 4.79 Å². The Morgan fingerprint density at radius 1 is 1.19 bits per heavy atom. The zero-order chi connectivity index (χ0) is 18.9. The van der Waals surface area contributed by atoms with Gasteiger partial charge >= 0.3 is 11.9 Å². The minimum Gasteiger partial charge on any atom is -0.465 e. The number of hydrogen-bond acceptors (Lipinski definition) is 6. The Labute approximate surface area is 156 Å². The van der Waals surface area contributed by atoms with Crippen molar-refractivity contribution in [3.8, 4) is 11.8 Å². The summed E-state index contributed by atoms with van der Waals surface area (Å²) in [6.45, 7) is 2.00. The molecule has 0 aliphatic rings. The van der Waals surface area contributed by atoms with Gasteiger partial charge in [0.05, 0.1) is 12.9 Å². The molecule has 0 heterocycles. The quantitative estimate of drug-likeness (QED) is 0.254. The Morgan fingerprint density at radius 3 is 2.58 bits per heavy atom. The smallest absolute Gasteiger partial charge is 0.348 e. The summed E-state index contributed by atoms with van der Waals surface area (Å²) in [5.74, 6) is -0.584. The molecular weight excluding hydrogens is 350 g/mol.